The number of anilines is 1. The van der Waals surface area contributed by atoms with Crippen LogP contribution in [0.15, 0.2) is 58.6 Å². The van der Waals surface area contributed by atoms with E-state index < -0.39 is 18.5 Å². The predicted octanol–water partition coefficient (Wildman–Crippen LogP) is 3.46. The molecular formula is C18H13BrN2O4. The molecule has 0 spiro atoms. The number of carboxylic acids is 1. The highest BCUT2D eigenvalue weighted by Crippen LogP contribution is 2.24. The minimum Gasteiger partial charge on any atom is -0.481 e. The highest BCUT2D eigenvalue weighted by molar-refractivity contribution is 9.10. The first-order valence-corrected chi connectivity index (χ1v) is 7.92. The van der Waals surface area contributed by atoms with Gasteiger partial charge < -0.3 is 15.2 Å². The van der Waals surface area contributed by atoms with Crippen molar-refractivity contribution in [2.75, 3.05) is 11.9 Å². The second-order valence-electron chi connectivity index (χ2n) is 4.82. The van der Waals surface area contributed by atoms with Gasteiger partial charge in [-0.15, -0.1) is 0 Å². The molecule has 0 saturated carbocycles. The van der Waals surface area contributed by atoms with Gasteiger partial charge in [-0.1, -0.05) is 30.3 Å². The zero-order chi connectivity index (χ0) is 18.2. The molecule has 0 aliphatic heterocycles. The predicted molar refractivity (Wildman–Crippen MR) is 95.9 cm³/mol. The number of hydrogen-bond donors (Lipinski definition) is 2. The number of amides is 1. The van der Waals surface area contributed by atoms with Crippen molar-refractivity contribution in [3.63, 3.8) is 0 Å². The van der Waals surface area contributed by atoms with Crippen LogP contribution >= 0.6 is 15.9 Å². The molecule has 2 aromatic rings. The first-order valence-electron chi connectivity index (χ1n) is 7.12. The number of nitrogens with zero attached hydrogens (tertiary/aromatic N) is 1. The highest BCUT2D eigenvalue weighted by Gasteiger charge is 2.13. The highest BCUT2D eigenvalue weighted by atomic mass is 79.9. The number of hydrogen-bond acceptors (Lipinski definition) is 4. The lowest BCUT2D eigenvalue weighted by molar-refractivity contribution is -0.139. The molecule has 1 amide bonds. The third-order valence-corrected chi connectivity index (χ3v) is 3.75. The second-order valence-corrected chi connectivity index (χ2v) is 5.68. The number of aliphatic carboxylic acids is 1. The normalized spacial score (nSPS) is 10.6. The van der Waals surface area contributed by atoms with E-state index in [9.17, 15) is 14.9 Å². The Hall–Kier alpha value is -3.11. The number of para-hydroxylation sites is 2. The number of halogens is 1. The van der Waals surface area contributed by atoms with Crippen LogP contribution in [-0.2, 0) is 9.59 Å². The molecule has 2 rings (SSSR count). The molecule has 0 aromatic heterocycles. The van der Waals surface area contributed by atoms with E-state index >= 15 is 0 Å². The molecule has 7 heteroatoms. The Labute approximate surface area is 152 Å². The first-order chi connectivity index (χ1) is 12.0. The van der Waals surface area contributed by atoms with Gasteiger partial charge in [0.2, 0.25) is 0 Å². The van der Waals surface area contributed by atoms with Crippen molar-refractivity contribution in [1.82, 2.24) is 0 Å². The van der Waals surface area contributed by atoms with Crippen molar-refractivity contribution in [3.05, 3.63) is 64.1 Å². The molecule has 0 saturated heterocycles. The van der Waals surface area contributed by atoms with E-state index in [2.05, 4.69) is 21.2 Å². The van der Waals surface area contributed by atoms with Crippen molar-refractivity contribution in [2.24, 2.45) is 0 Å². The number of ether oxygens (including phenoxy) is 1. The minimum absolute atomic E-state index is 0.137. The van der Waals surface area contributed by atoms with E-state index in [1.165, 1.54) is 6.08 Å². The van der Waals surface area contributed by atoms with Gasteiger partial charge in [-0.05, 0) is 40.2 Å². The van der Waals surface area contributed by atoms with Crippen LogP contribution in [0.3, 0.4) is 0 Å². The van der Waals surface area contributed by atoms with Crippen molar-refractivity contribution < 1.29 is 19.4 Å². The van der Waals surface area contributed by atoms with Gasteiger partial charge in [-0.3, -0.25) is 4.79 Å². The van der Waals surface area contributed by atoms with E-state index in [4.69, 9.17) is 9.84 Å². The summed E-state index contributed by atoms with van der Waals surface area (Å²) in [6, 6.07) is 15.4. The van der Waals surface area contributed by atoms with Crippen LogP contribution in [0.25, 0.3) is 6.08 Å². The third-order valence-electron chi connectivity index (χ3n) is 3.06. The number of carbonyl (C=O) groups is 2. The molecule has 0 heterocycles. The van der Waals surface area contributed by atoms with Crippen LogP contribution in [-0.4, -0.2) is 23.6 Å². The number of nitriles is 1. The molecule has 0 aliphatic rings. The quantitative estimate of drug-likeness (QED) is 0.571. The van der Waals surface area contributed by atoms with E-state index in [-0.39, 0.29) is 11.3 Å². The van der Waals surface area contributed by atoms with Crippen LogP contribution in [0.2, 0.25) is 0 Å². The van der Waals surface area contributed by atoms with Gasteiger partial charge in [0.25, 0.3) is 5.91 Å². The third kappa shape index (κ3) is 5.19. The lowest BCUT2D eigenvalue weighted by Gasteiger charge is -2.08. The lowest BCUT2D eigenvalue weighted by atomic mass is 10.1. The Kier molecular flexibility index (Phi) is 6.32. The Balaban J connectivity index is 2.25. The summed E-state index contributed by atoms with van der Waals surface area (Å²) in [7, 11) is 0. The van der Waals surface area contributed by atoms with E-state index in [0.717, 1.165) is 0 Å². The topological polar surface area (TPSA) is 99.4 Å². The summed E-state index contributed by atoms with van der Waals surface area (Å²) in [6.45, 7) is -0.518. The molecule has 0 fully saturated rings. The van der Waals surface area contributed by atoms with Gasteiger partial charge >= 0.3 is 5.97 Å². The number of benzene rings is 2. The SMILES string of the molecule is N#C/C(=C\c1ccccc1OCC(=O)O)C(=O)Nc1ccccc1Br. The monoisotopic (exact) mass is 400 g/mol. The molecule has 0 radical (unpaired) electrons. The largest absolute Gasteiger partial charge is 0.481 e. The summed E-state index contributed by atoms with van der Waals surface area (Å²) in [6.07, 6.45) is 1.35. The Morgan fingerprint density at radius 2 is 1.88 bits per heavy atom. The van der Waals surface area contributed by atoms with Crippen LogP contribution in [0.5, 0.6) is 5.75 Å². The first kappa shape index (κ1) is 18.2. The molecule has 0 aliphatic carbocycles. The second kappa shape index (κ2) is 8.66. The van der Waals surface area contributed by atoms with Crippen molar-refractivity contribution in [3.8, 4) is 11.8 Å². The lowest BCUT2D eigenvalue weighted by Crippen LogP contribution is -2.14. The molecular weight excluding hydrogens is 388 g/mol. The van der Waals surface area contributed by atoms with Crippen molar-refractivity contribution in [1.29, 1.82) is 5.26 Å². The smallest absolute Gasteiger partial charge is 0.341 e. The fourth-order valence-corrected chi connectivity index (χ4v) is 2.31. The maximum atomic E-state index is 12.3. The van der Waals surface area contributed by atoms with Crippen LogP contribution in [0.4, 0.5) is 5.69 Å². The zero-order valence-corrected chi connectivity index (χ0v) is 14.5. The molecule has 0 unspecified atom stereocenters. The van der Waals surface area contributed by atoms with Gasteiger partial charge in [0.05, 0.1) is 5.69 Å². The standard InChI is InChI=1S/C18H13BrN2O4/c19-14-6-2-3-7-15(14)21-18(24)13(10-20)9-12-5-1-4-8-16(12)25-11-17(22)23/h1-9H,11H2,(H,21,24)(H,22,23)/b13-9+. The van der Waals surface area contributed by atoms with Crippen molar-refractivity contribution in [2.45, 2.75) is 0 Å². The summed E-state index contributed by atoms with van der Waals surface area (Å²) in [4.78, 5) is 23.0. The number of carbonyl (C=O) groups excluding carboxylic acids is 1. The summed E-state index contributed by atoms with van der Waals surface area (Å²) in [5.41, 5.74) is 0.828. The maximum Gasteiger partial charge on any atom is 0.341 e. The van der Waals surface area contributed by atoms with Crippen LogP contribution in [0.1, 0.15) is 5.56 Å². The number of rotatable bonds is 6. The number of carboxylic acid groups (broad SMARTS) is 1. The molecule has 2 aromatic carbocycles. The Morgan fingerprint density at radius 3 is 2.56 bits per heavy atom. The average Bonchev–Trinajstić information content (AvgIpc) is 2.60. The fraction of sp³-hybridized carbons (Fsp3) is 0.0556. The average molecular weight is 401 g/mol. The summed E-state index contributed by atoms with van der Waals surface area (Å²) >= 11 is 3.32. The summed E-state index contributed by atoms with van der Waals surface area (Å²) < 4.78 is 5.85. The summed E-state index contributed by atoms with van der Waals surface area (Å²) in [5, 5.41) is 20.6. The van der Waals surface area contributed by atoms with Crippen molar-refractivity contribution >= 4 is 39.6 Å². The maximum absolute atomic E-state index is 12.3. The van der Waals surface area contributed by atoms with Crippen LogP contribution in [0, 0.1) is 11.3 Å². The Bertz CT molecular complexity index is 871. The van der Waals surface area contributed by atoms with Gasteiger partial charge in [0.15, 0.2) is 6.61 Å². The van der Waals surface area contributed by atoms with Gasteiger partial charge in [0.1, 0.15) is 17.4 Å². The zero-order valence-electron chi connectivity index (χ0n) is 12.9. The molecule has 25 heavy (non-hydrogen) atoms. The molecule has 126 valence electrons. The van der Waals surface area contributed by atoms with Gasteiger partial charge in [-0.25, -0.2) is 4.79 Å². The Morgan fingerprint density at radius 1 is 1.20 bits per heavy atom. The van der Waals surface area contributed by atoms with E-state index in [1.54, 1.807) is 48.5 Å². The number of nitrogens with one attached hydrogen (secondary N) is 1. The van der Waals surface area contributed by atoms with E-state index in [0.29, 0.717) is 15.7 Å². The molecule has 0 bridgehead atoms. The molecule has 6 nitrogen and oxygen atoms in total. The van der Waals surface area contributed by atoms with Gasteiger partial charge in [0, 0.05) is 10.0 Å². The molecule has 2 N–H and O–H groups in total. The minimum atomic E-state index is -1.12. The van der Waals surface area contributed by atoms with Gasteiger partial charge in [-0.2, -0.15) is 5.26 Å². The summed E-state index contributed by atoms with van der Waals surface area (Å²) in [5.74, 6) is -1.43. The van der Waals surface area contributed by atoms with Crippen LogP contribution < -0.4 is 10.1 Å². The van der Waals surface area contributed by atoms with E-state index in [1.807, 2.05) is 6.07 Å². The fourth-order valence-electron chi connectivity index (χ4n) is 1.93. The molecule has 0 atom stereocenters.